The lowest BCUT2D eigenvalue weighted by atomic mass is 9.80. The fraction of sp³-hybridized carbons (Fsp3) is 0.462. The maximum Gasteiger partial charge on any atom is 0.170 e. The Hall–Kier alpha value is -1.30. The van der Waals surface area contributed by atoms with Gasteiger partial charge < -0.3 is 21.4 Å². The highest BCUT2D eigenvalue weighted by Crippen LogP contribution is 2.30. The van der Waals surface area contributed by atoms with E-state index in [0.717, 1.165) is 24.8 Å². The lowest BCUT2D eigenvalue weighted by Gasteiger charge is -2.36. The number of benzene rings is 1. The van der Waals surface area contributed by atoms with Gasteiger partial charge >= 0.3 is 0 Å². The smallest absolute Gasteiger partial charge is 0.170 e. The van der Waals surface area contributed by atoms with Gasteiger partial charge in [0, 0.05) is 23.7 Å². The molecule has 0 aliphatic heterocycles. The molecule has 0 bridgehead atoms. The summed E-state index contributed by atoms with van der Waals surface area (Å²) >= 11 is 6.13. The molecule has 0 atom stereocenters. The van der Waals surface area contributed by atoms with Crippen LogP contribution in [-0.2, 0) is 6.54 Å². The molecule has 1 aliphatic rings. The SMILES string of the molecule is N/C(=N/O)c1ccc(CNCC2(O)CCC2)c(Cl)c1. The van der Waals surface area contributed by atoms with Crippen LogP contribution in [0.1, 0.15) is 30.4 Å². The molecular formula is C13H18ClN3O2. The Morgan fingerprint density at radius 1 is 1.47 bits per heavy atom. The van der Waals surface area contributed by atoms with Gasteiger partial charge in [0.05, 0.1) is 5.60 Å². The maximum absolute atomic E-state index is 9.95. The van der Waals surface area contributed by atoms with Crippen LogP contribution in [0.25, 0.3) is 0 Å². The molecule has 0 unspecified atom stereocenters. The van der Waals surface area contributed by atoms with Gasteiger partial charge in [0.15, 0.2) is 5.84 Å². The van der Waals surface area contributed by atoms with Crippen LogP contribution in [0, 0.1) is 0 Å². The minimum absolute atomic E-state index is 0.0326. The Morgan fingerprint density at radius 3 is 2.74 bits per heavy atom. The molecule has 0 spiro atoms. The average molecular weight is 284 g/mol. The van der Waals surface area contributed by atoms with Gasteiger partial charge in [-0.1, -0.05) is 28.9 Å². The van der Waals surface area contributed by atoms with Gasteiger partial charge in [-0.3, -0.25) is 0 Å². The molecule has 0 aromatic heterocycles. The Balaban J connectivity index is 1.93. The molecule has 2 rings (SSSR count). The summed E-state index contributed by atoms with van der Waals surface area (Å²) in [5, 5.41) is 25.2. The van der Waals surface area contributed by atoms with Crippen LogP contribution < -0.4 is 11.1 Å². The van der Waals surface area contributed by atoms with E-state index in [1.807, 2.05) is 6.07 Å². The molecule has 1 saturated carbocycles. The molecule has 0 amide bonds. The summed E-state index contributed by atoms with van der Waals surface area (Å²) in [6.07, 6.45) is 2.81. The average Bonchev–Trinajstić information content (AvgIpc) is 2.37. The number of hydrogen-bond donors (Lipinski definition) is 4. The minimum Gasteiger partial charge on any atom is -0.409 e. The molecule has 104 valence electrons. The van der Waals surface area contributed by atoms with E-state index < -0.39 is 5.60 Å². The van der Waals surface area contributed by atoms with Gasteiger partial charge in [0.25, 0.3) is 0 Å². The predicted molar refractivity (Wildman–Crippen MR) is 74.5 cm³/mol. The lowest BCUT2D eigenvalue weighted by molar-refractivity contribution is -0.0314. The molecule has 6 heteroatoms. The molecule has 1 fully saturated rings. The second kappa shape index (κ2) is 5.77. The number of halogens is 1. The maximum atomic E-state index is 9.95. The van der Waals surface area contributed by atoms with Crippen molar-refractivity contribution in [3.8, 4) is 0 Å². The molecular weight excluding hydrogens is 266 g/mol. The van der Waals surface area contributed by atoms with Crippen molar-refractivity contribution in [3.05, 3.63) is 34.3 Å². The van der Waals surface area contributed by atoms with Gasteiger partial charge in [-0.2, -0.15) is 0 Å². The first-order valence-electron chi connectivity index (χ1n) is 6.23. The van der Waals surface area contributed by atoms with E-state index in [0.29, 0.717) is 23.7 Å². The fourth-order valence-electron chi connectivity index (χ4n) is 2.10. The Labute approximate surface area is 117 Å². The second-order valence-corrected chi connectivity index (χ2v) is 5.38. The molecule has 1 aromatic rings. The first kappa shape index (κ1) is 14.1. The van der Waals surface area contributed by atoms with Crippen LogP contribution >= 0.6 is 11.6 Å². The van der Waals surface area contributed by atoms with Gasteiger partial charge in [0.1, 0.15) is 0 Å². The number of nitrogens with zero attached hydrogens (tertiary/aromatic N) is 1. The van der Waals surface area contributed by atoms with Crippen molar-refractivity contribution in [3.63, 3.8) is 0 Å². The van der Waals surface area contributed by atoms with Gasteiger partial charge in [-0.25, -0.2) is 0 Å². The second-order valence-electron chi connectivity index (χ2n) is 4.97. The Kier molecular flexibility index (Phi) is 4.29. The van der Waals surface area contributed by atoms with E-state index in [-0.39, 0.29) is 5.84 Å². The van der Waals surface area contributed by atoms with Crippen molar-refractivity contribution in [2.45, 2.75) is 31.4 Å². The normalized spacial score (nSPS) is 18.1. The summed E-state index contributed by atoms with van der Waals surface area (Å²) < 4.78 is 0. The summed E-state index contributed by atoms with van der Waals surface area (Å²) in [5.41, 5.74) is 6.44. The van der Waals surface area contributed by atoms with Crippen LogP contribution in [-0.4, -0.2) is 28.3 Å². The van der Waals surface area contributed by atoms with Crippen LogP contribution in [0.5, 0.6) is 0 Å². The van der Waals surface area contributed by atoms with Crippen LogP contribution in [0.15, 0.2) is 23.4 Å². The number of nitrogens with two attached hydrogens (primary N) is 1. The van der Waals surface area contributed by atoms with E-state index >= 15 is 0 Å². The summed E-state index contributed by atoms with van der Waals surface area (Å²) in [6.45, 7) is 1.16. The summed E-state index contributed by atoms with van der Waals surface area (Å²) in [4.78, 5) is 0. The van der Waals surface area contributed by atoms with Crippen LogP contribution in [0.3, 0.4) is 0 Å². The van der Waals surface area contributed by atoms with Crippen molar-refractivity contribution in [2.75, 3.05) is 6.54 Å². The number of oxime groups is 1. The van der Waals surface area contributed by atoms with E-state index in [4.69, 9.17) is 22.5 Å². The summed E-state index contributed by atoms with van der Waals surface area (Å²) in [7, 11) is 0. The quantitative estimate of drug-likeness (QED) is 0.285. The Bertz CT molecular complexity index is 487. The number of nitrogens with one attached hydrogen (secondary N) is 1. The van der Waals surface area contributed by atoms with Crippen LogP contribution in [0.2, 0.25) is 5.02 Å². The molecule has 0 saturated heterocycles. The highest BCUT2D eigenvalue weighted by molar-refractivity contribution is 6.31. The number of aliphatic hydroxyl groups is 1. The number of rotatable bonds is 5. The first-order valence-corrected chi connectivity index (χ1v) is 6.61. The zero-order valence-corrected chi connectivity index (χ0v) is 11.3. The van der Waals surface area contributed by atoms with Crippen molar-refractivity contribution < 1.29 is 10.3 Å². The third-order valence-corrected chi connectivity index (χ3v) is 3.86. The van der Waals surface area contributed by atoms with Crippen molar-refractivity contribution in [2.24, 2.45) is 10.9 Å². The lowest BCUT2D eigenvalue weighted by Crippen LogP contribution is -2.46. The molecule has 0 heterocycles. The third kappa shape index (κ3) is 3.37. The number of amidine groups is 1. The van der Waals surface area contributed by atoms with Crippen molar-refractivity contribution >= 4 is 17.4 Å². The topological polar surface area (TPSA) is 90.9 Å². The van der Waals surface area contributed by atoms with E-state index in [9.17, 15) is 5.11 Å². The molecule has 1 aliphatic carbocycles. The summed E-state index contributed by atoms with van der Waals surface area (Å²) in [5.74, 6) is 0.0326. The highest BCUT2D eigenvalue weighted by atomic mass is 35.5. The first-order chi connectivity index (χ1) is 9.04. The van der Waals surface area contributed by atoms with E-state index in [1.165, 1.54) is 0 Å². The van der Waals surface area contributed by atoms with E-state index in [2.05, 4.69) is 10.5 Å². The monoisotopic (exact) mass is 283 g/mol. The molecule has 0 radical (unpaired) electrons. The standard InChI is InChI=1S/C13H18ClN3O2/c14-11-6-9(12(15)17-19)2-3-10(11)7-16-8-13(18)4-1-5-13/h2-3,6,16,18-19H,1,4-5,7-8H2,(H2,15,17). The molecule has 5 N–H and O–H groups in total. The zero-order valence-electron chi connectivity index (χ0n) is 10.6. The predicted octanol–water partition coefficient (Wildman–Crippen LogP) is 1.44. The van der Waals surface area contributed by atoms with Crippen LogP contribution in [0.4, 0.5) is 0 Å². The van der Waals surface area contributed by atoms with Gasteiger partial charge in [-0.15, -0.1) is 0 Å². The minimum atomic E-state index is -0.541. The molecule has 1 aromatic carbocycles. The van der Waals surface area contributed by atoms with E-state index in [1.54, 1.807) is 12.1 Å². The van der Waals surface area contributed by atoms with Crippen molar-refractivity contribution in [1.82, 2.24) is 5.32 Å². The molecule has 19 heavy (non-hydrogen) atoms. The Morgan fingerprint density at radius 2 is 2.21 bits per heavy atom. The van der Waals surface area contributed by atoms with Gasteiger partial charge in [0.2, 0.25) is 0 Å². The van der Waals surface area contributed by atoms with Gasteiger partial charge in [-0.05, 0) is 30.9 Å². The highest BCUT2D eigenvalue weighted by Gasteiger charge is 2.33. The number of hydrogen-bond acceptors (Lipinski definition) is 4. The van der Waals surface area contributed by atoms with Crippen molar-refractivity contribution in [1.29, 1.82) is 0 Å². The fourth-order valence-corrected chi connectivity index (χ4v) is 2.35. The largest absolute Gasteiger partial charge is 0.409 e. The third-order valence-electron chi connectivity index (χ3n) is 3.51. The zero-order chi connectivity index (χ0) is 13.9. The molecule has 5 nitrogen and oxygen atoms in total. The summed E-state index contributed by atoms with van der Waals surface area (Å²) in [6, 6.07) is 5.23.